The first kappa shape index (κ1) is 45.6. The van der Waals surface area contributed by atoms with Gasteiger partial charge in [0.15, 0.2) is 19.8 Å². The number of nitrogens with zero attached hydrogens (tertiary/aromatic N) is 3. The number of ether oxygens (including phenoxy) is 4. The molecule has 0 aromatic heterocycles. The minimum absolute atomic E-state index is 0.0984. The molecule has 0 saturated heterocycles. The predicted molar refractivity (Wildman–Crippen MR) is 238 cm³/mol. The molecule has 316 valence electrons. The van der Waals surface area contributed by atoms with Crippen molar-refractivity contribution in [3.05, 3.63) is 115 Å². The first-order chi connectivity index (χ1) is 28.1. The highest BCUT2D eigenvalue weighted by Crippen LogP contribution is 2.44. The van der Waals surface area contributed by atoms with Gasteiger partial charge in [0, 0.05) is 25.7 Å². The van der Waals surface area contributed by atoms with E-state index in [-0.39, 0.29) is 54.7 Å². The van der Waals surface area contributed by atoms with Crippen LogP contribution in [0, 0.1) is 34.0 Å². The maximum atomic E-state index is 10.1. The number of hydrogen-bond acceptors (Lipinski definition) is 8. The Kier molecular flexibility index (Phi) is 13.7. The van der Waals surface area contributed by atoms with Gasteiger partial charge >= 0.3 is 0 Å². The average molecular weight is 810 g/mol. The number of fused-ring (bicyclic) bond motifs is 8. The van der Waals surface area contributed by atoms with Crippen molar-refractivity contribution in [2.45, 2.75) is 130 Å². The van der Waals surface area contributed by atoms with E-state index < -0.39 is 0 Å². The van der Waals surface area contributed by atoms with E-state index >= 15 is 0 Å². The van der Waals surface area contributed by atoms with Gasteiger partial charge in [0.2, 0.25) is 0 Å². The average Bonchev–Trinajstić information content (AvgIpc) is 3.14. The van der Waals surface area contributed by atoms with Crippen LogP contribution in [0.2, 0.25) is 0 Å². The lowest BCUT2D eigenvalue weighted by Gasteiger charge is -2.29. The summed E-state index contributed by atoms with van der Waals surface area (Å²) < 4.78 is 26.0. The molecule has 4 aromatic carbocycles. The molecule has 0 aliphatic heterocycles. The molecule has 5 rings (SSSR count). The minimum atomic E-state index is -0.242. The molecule has 1 aliphatic rings. The van der Waals surface area contributed by atoms with Gasteiger partial charge in [-0.25, -0.2) is 0 Å². The van der Waals surface area contributed by atoms with Crippen LogP contribution in [0.25, 0.3) is 0 Å². The molecule has 60 heavy (non-hydrogen) atoms. The predicted octanol–water partition coefficient (Wildman–Crippen LogP) is 10.6. The fourth-order valence-electron chi connectivity index (χ4n) is 7.82. The van der Waals surface area contributed by atoms with E-state index in [1.54, 1.807) is 0 Å². The van der Waals surface area contributed by atoms with Crippen molar-refractivity contribution in [1.29, 1.82) is 15.8 Å². The number of hydrogen-bond donors (Lipinski definition) is 1. The van der Waals surface area contributed by atoms with E-state index in [1.807, 2.05) is 0 Å². The van der Waals surface area contributed by atoms with Gasteiger partial charge in [-0.1, -0.05) is 132 Å². The highest BCUT2D eigenvalue weighted by atomic mass is 16.5. The zero-order valence-corrected chi connectivity index (χ0v) is 37.9. The second-order valence-corrected chi connectivity index (χ2v) is 20.1. The van der Waals surface area contributed by atoms with Gasteiger partial charge in [0.1, 0.15) is 47.8 Å². The molecule has 1 aliphatic carbocycles. The van der Waals surface area contributed by atoms with Crippen molar-refractivity contribution in [2.75, 3.05) is 33.0 Å². The lowest BCUT2D eigenvalue weighted by atomic mass is 9.79. The van der Waals surface area contributed by atoms with Gasteiger partial charge in [-0.2, -0.15) is 15.8 Å². The van der Waals surface area contributed by atoms with E-state index in [4.69, 9.17) is 18.9 Å². The fraction of sp³-hybridized carbons (Fsp3) is 0.481. The third-order valence-corrected chi connectivity index (χ3v) is 11.1. The van der Waals surface area contributed by atoms with Crippen LogP contribution in [-0.4, -0.2) is 38.1 Å². The summed E-state index contributed by atoms with van der Waals surface area (Å²) in [6.45, 7) is 25.8. The van der Waals surface area contributed by atoms with Crippen LogP contribution in [0.4, 0.5) is 0 Å². The first-order valence-electron chi connectivity index (χ1n) is 21.0. The Hall–Kier alpha value is -5.49. The summed E-state index contributed by atoms with van der Waals surface area (Å²) in [4.78, 5) is 0. The molecule has 0 unspecified atom stereocenters. The molecule has 1 N–H and O–H groups in total. The fourth-order valence-corrected chi connectivity index (χ4v) is 7.82. The van der Waals surface area contributed by atoms with Gasteiger partial charge in [-0.05, 0) is 88.4 Å². The van der Waals surface area contributed by atoms with E-state index in [0.29, 0.717) is 48.7 Å². The number of aliphatic hydroxyl groups is 1. The van der Waals surface area contributed by atoms with E-state index in [2.05, 4.69) is 150 Å². The van der Waals surface area contributed by atoms with Crippen LogP contribution in [0.3, 0.4) is 0 Å². The molecule has 8 nitrogen and oxygen atoms in total. The van der Waals surface area contributed by atoms with Crippen LogP contribution in [0.5, 0.6) is 23.0 Å². The summed E-state index contributed by atoms with van der Waals surface area (Å²) in [7, 11) is 0. The van der Waals surface area contributed by atoms with Crippen molar-refractivity contribution in [3.63, 3.8) is 0 Å². The highest BCUT2D eigenvalue weighted by molar-refractivity contribution is 5.60. The van der Waals surface area contributed by atoms with E-state index in [1.165, 1.54) is 0 Å². The van der Waals surface area contributed by atoms with Crippen LogP contribution >= 0.6 is 0 Å². The Balaban J connectivity index is 2.03. The summed E-state index contributed by atoms with van der Waals surface area (Å²) in [6, 6.07) is 24.1. The lowest BCUT2D eigenvalue weighted by molar-refractivity contribution is 0.199. The van der Waals surface area contributed by atoms with Gasteiger partial charge in [0.05, 0.1) is 6.61 Å². The largest absolute Gasteiger partial charge is 0.491 e. The molecular weight excluding hydrogens is 747 g/mol. The van der Waals surface area contributed by atoms with Gasteiger partial charge in [0.25, 0.3) is 0 Å². The van der Waals surface area contributed by atoms with E-state index in [0.717, 1.165) is 66.8 Å². The molecule has 0 spiro atoms. The maximum Gasteiger partial charge on any atom is 0.174 e. The molecule has 0 saturated carbocycles. The summed E-state index contributed by atoms with van der Waals surface area (Å²) in [6.07, 6.45) is 1.65. The quantitative estimate of drug-likeness (QED) is 0.156. The van der Waals surface area contributed by atoms with Crippen molar-refractivity contribution >= 4 is 0 Å². The monoisotopic (exact) mass is 809 g/mol. The number of benzene rings is 4. The maximum absolute atomic E-state index is 10.1. The van der Waals surface area contributed by atoms with Gasteiger partial charge < -0.3 is 24.1 Å². The van der Waals surface area contributed by atoms with Gasteiger partial charge in [-0.3, -0.25) is 0 Å². The normalized spacial score (nSPS) is 13.1. The molecule has 0 atom stereocenters. The number of nitriles is 3. The topological polar surface area (TPSA) is 129 Å². The summed E-state index contributed by atoms with van der Waals surface area (Å²) in [5, 5.41) is 39.8. The molecule has 8 heteroatoms. The Labute approximate surface area is 358 Å². The van der Waals surface area contributed by atoms with Crippen molar-refractivity contribution < 1.29 is 24.1 Å². The zero-order chi connectivity index (χ0) is 44.2. The highest BCUT2D eigenvalue weighted by Gasteiger charge is 2.29. The molecule has 8 bridgehead atoms. The molecule has 0 radical (unpaired) electrons. The molecule has 0 heterocycles. The van der Waals surface area contributed by atoms with Crippen LogP contribution in [0.15, 0.2) is 48.5 Å². The van der Waals surface area contributed by atoms with Crippen molar-refractivity contribution in [2.24, 2.45) is 0 Å². The summed E-state index contributed by atoms with van der Waals surface area (Å²) >= 11 is 0. The van der Waals surface area contributed by atoms with Crippen LogP contribution in [-0.2, 0) is 47.3 Å². The minimum Gasteiger partial charge on any atom is -0.491 e. The second-order valence-electron chi connectivity index (χ2n) is 20.1. The number of aliphatic hydroxyl groups excluding tert-OH is 1. The Morgan fingerprint density at radius 3 is 0.767 bits per heavy atom. The third-order valence-electron chi connectivity index (χ3n) is 11.1. The Bertz CT molecular complexity index is 2210. The van der Waals surface area contributed by atoms with E-state index in [9.17, 15) is 20.9 Å². The Morgan fingerprint density at radius 2 is 0.600 bits per heavy atom. The Morgan fingerprint density at radius 1 is 0.400 bits per heavy atom. The van der Waals surface area contributed by atoms with Crippen LogP contribution < -0.4 is 18.9 Å². The van der Waals surface area contributed by atoms with Gasteiger partial charge in [-0.15, -0.1) is 0 Å². The third kappa shape index (κ3) is 10.6. The first-order valence-corrected chi connectivity index (χ1v) is 21.0. The summed E-state index contributed by atoms with van der Waals surface area (Å²) in [5.41, 5.74) is 10.8. The lowest BCUT2D eigenvalue weighted by Crippen LogP contribution is -2.18. The molecule has 0 amide bonds. The smallest absolute Gasteiger partial charge is 0.174 e. The standard InChI is InChI=1S/C52H63N3O5/c1-49(2,3)41-25-33-21-35-27-42(50(4,5)6)29-37(46(35)58-18-14-54)23-39-31-44(52(10,11)12)32-40(48(39)60-20-16-56)24-38-30-43(51(7,8)9)28-36(47(38)59-19-15-55)22-34(26-41)45(33)57-17-13-53/h25-32,56H,16-24H2,1-12H3. The zero-order valence-electron chi connectivity index (χ0n) is 37.9. The SMILES string of the molecule is CC(C)(C)c1cc2c(OCC#N)c(c1)Cc1cc(C(C)(C)C)cc(c1OCC#N)Cc1cc(C(C)(C)C)cc(c1OCCO)Cc1cc(C(C)(C)C)cc(c1OCC#N)C2. The molecular formula is C52H63N3O5. The summed E-state index contributed by atoms with van der Waals surface area (Å²) in [5.74, 6) is 2.57. The van der Waals surface area contributed by atoms with Crippen molar-refractivity contribution in [3.8, 4) is 41.2 Å². The molecule has 4 aromatic rings. The second kappa shape index (κ2) is 18.0. The number of rotatable bonds is 9. The molecule has 0 fully saturated rings. The van der Waals surface area contributed by atoms with Crippen molar-refractivity contribution in [1.82, 2.24) is 0 Å². The van der Waals surface area contributed by atoms with Crippen LogP contribution in [0.1, 0.15) is 150 Å².